The highest BCUT2D eigenvalue weighted by atomic mass is 19.2. The van der Waals surface area contributed by atoms with Crippen molar-refractivity contribution in [1.82, 2.24) is 0 Å². The van der Waals surface area contributed by atoms with Gasteiger partial charge in [0.25, 0.3) is 0 Å². The van der Waals surface area contributed by atoms with Crippen molar-refractivity contribution >= 4 is 0 Å². The molecule has 2 unspecified atom stereocenters. The molecule has 24 heavy (non-hydrogen) atoms. The zero-order valence-electron chi connectivity index (χ0n) is 13.9. The Labute approximate surface area is 141 Å². The molecule has 130 valence electrons. The summed E-state index contributed by atoms with van der Waals surface area (Å²) < 4.78 is 29.0. The first-order chi connectivity index (χ1) is 11.5. The van der Waals surface area contributed by atoms with Crippen LogP contribution >= 0.6 is 0 Å². The third-order valence-electron chi connectivity index (χ3n) is 5.58. The fourth-order valence-electron chi connectivity index (χ4n) is 3.92. The number of alkyl halides is 1. The number of halogens is 2. The number of benzene rings is 1. The molecule has 0 bridgehead atoms. The maximum absolute atomic E-state index is 15.3. The Morgan fingerprint density at radius 1 is 1.21 bits per heavy atom. The van der Waals surface area contributed by atoms with E-state index in [1.807, 2.05) is 6.07 Å². The number of hydrogen-bond donors (Lipinski definition) is 2. The van der Waals surface area contributed by atoms with Crippen LogP contribution in [0, 0.1) is 5.92 Å². The zero-order valence-corrected chi connectivity index (χ0v) is 13.9. The number of aromatic hydroxyl groups is 1. The Kier molecular flexibility index (Phi) is 4.77. The summed E-state index contributed by atoms with van der Waals surface area (Å²) in [5, 5.41) is 20.1. The van der Waals surface area contributed by atoms with Crippen LogP contribution < -0.4 is 0 Å². The molecule has 0 radical (unpaired) electrons. The molecule has 1 fully saturated rings. The number of phenols is 1. The predicted octanol–water partition coefficient (Wildman–Crippen LogP) is 5.02. The van der Waals surface area contributed by atoms with E-state index in [0.29, 0.717) is 5.92 Å². The highest BCUT2D eigenvalue weighted by Gasteiger charge is 2.44. The molecule has 2 nitrogen and oxygen atoms in total. The largest absolute Gasteiger partial charge is 0.508 e. The third kappa shape index (κ3) is 3.00. The van der Waals surface area contributed by atoms with Gasteiger partial charge in [-0.1, -0.05) is 25.5 Å². The van der Waals surface area contributed by atoms with Gasteiger partial charge in [-0.25, -0.2) is 8.78 Å². The average Bonchev–Trinajstić information content (AvgIpc) is 2.60. The van der Waals surface area contributed by atoms with E-state index in [1.165, 1.54) is 18.6 Å². The molecule has 1 aromatic carbocycles. The molecule has 0 heterocycles. The van der Waals surface area contributed by atoms with Crippen LogP contribution in [0.2, 0.25) is 0 Å². The molecular weight excluding hydrogens is 310 g/mol. The first kappa shape index (κ1) is 17.2. The molecule has 2 N–H and O–H groups in total. The highest BCUT2D eigenvalue weighted by Crippen LogP contribution is 2.44. The summed E-state index contributed by atoms with van der Waals surface area (Å²) in [5.41, 5.74) is -1.56. The van der Waals surface area contributed by atoms with Crippen LogP contribution in [0.4, 0.5) is 8.78 Å². The van der Waals surface area contributed by atoms with Crippen LogP contribution in [0.25, 0.3) is 0 Å². The standard InChI is InChI=1S/C20H24F2O2/c1-2-13-5-7-14(8-6-13)15-9-10-18(23)16(12-15)20(22)11-3-4-17(21)19(20)24/h3-4,9-14,19,23-24H,2,5-8H2,1H3. The number of phenolic OH excluding ortho intramolecular Hbond substituents is 1. The van der Waals surface area contributed by atoms with Crippen molar-refractivity contribution in [2.45, 2.75) is 56.7 Å². The van der Waals surface area contributed by atoms with Gasteiger partial charge in [-0.05, 0) is 67.4 Å². The van der Waals surface area contributed by atoms with Crippen molar-refractivity contribution in [2.24, 2.45) is 5.92 Å². The lowest BCUT2D eigenvalue weighted by Gasteiger charge is -2.32. The lowest BCUT2D eigenvalue weighted by Crippen LogP contribution is -2.35. The van der Waals surface area contributed by atoms with Gasteiger partial charge < -0.3 is 10.2 Å². The van der Waals surface area contributed by atoms with Gasteiger partial charge in [0.05, 0.1) is 0 Å². The maximum Gasteiger partial charge on any atom is 0.190 e. The highest BCUT2D eigenvalue weighted by molar-refractivity contribution is 5.47. The Hall–Kier alpha value is -1.68. The van der Waals surface area contributed by atoms with Gasteiger partial charge >= 0.3 is 0 Å². The van der Waals surface area contributed by atoms with Crippen LogP contribution in [-0.2, 0) is 5.67 Å². The van der Waals surface area contributed by atoms with Crippen LogP contribution in [-0.4, -0.2) is 16.3 Å². The van der Waals surface area contributed by atoms with Gasteiger partial charge in [-0.2, -0.15) is 0 Å². The van der Waals surface area contributed by atoms with Gasteiger partial charge in [0, 0.05) is 5.56 Å². The van der Waals surface area contributed by atoms with Crippen molar-refractivity contribution in [1.29, 1.82) is 0 Å². The Bertz CT molecular complexity index is 660. The third-order valence-corrected chi connectivity index (χ3v) is 5.58. The first-order valence-corrected chi connectivity index (χ1v) is 8.71. The van der Waals surface area contributed by atoms with Crippen molar-refractivity contribution in [3.05, 3.63) is 53.4 Å². The van der Waals surface area contributed by atoms with Gasteiger partial charge in [0.15, 0.2) is 5.67 Å². The second-order valence-electron chi connectivity index (χ2n) is 6.98. The fraction of sp³-hybridized carbons (Fsp3) is 0.500. The zero-order chi connectivity index (χ0) is 17.3. The number of rotatable bonds is 3. The molecule has 0 saturated heterocycles. The summed E-state index contributed by atoms with van der Waals surface area (Å²) in [5.74, 6) is -0.122. The first-order valence-electron chi connectivity index (χ1n) is 8.71. The van der Waals surface area contributed by atoms with E-state index in [2.05, 4.69) is 6.92 Å². The van der Waals surface area contributed by atoms with E-state index in [0.717, 1.165) is 49.3 Å². The summed E-state index contributed by atoms with van der Waals surface area (Å²) in [6.45, 7) is 2.20. The quantitative estimate of drug-likeness (QED) is 0.814. The summed E-state index contributed by atoms with van der Waals surface area (Å²) in [4.78, 5) is 0. The predicted molar refractivity (Wildman–Crippen MR) is 90.2 cm³/mol. The van der Waals surface area contributed by atoms with E-state index < -0.39 is 17.6 Å². The molecule has 1 aromatic rings. The Morgan fingerprint density at radius 3 is 2.58 bits per heavy atom. The van der Waals surface area contributed by atoms with Gasteiger partial charge in [-0.3, -0.25) is 0 Å². The fourth-order valence-corrected chi connectivity index (χ4v) is 3.92. The van der Waals surface area contributed by atoms with E-state index in [-0.39, 0.29) is 11.3 Å². The van der Waals surface area contributed by atoms with Crippen molar-refractivity contribution in [3.63, 3.8) is 0 Å². The lowest BCUT2D eigenvalue weighted by molar-refractivity contribution is 0.0296. The molecule has 2 atom stereocenters. The molecular formula is C20H24F2O2. The van der Waals surface area contributed by atoms with Crippen LogP contribution in [0.1, 0.15) is 56.1 Å². The molecule has 1 saturated carbocycles. The Balaban J connectivity index is 1.90. The number of aliphatic hydroxyl groups is 1. The minimum Gasteiger partial charge on any atom is -0.508 e. The molecule has 2 aliphatic carbocycles. The molecule has 0 amide bonds. The number of aliphatic hydroxyl groups excluding tert-OH is 1. The number of hydrogen-bond acceptors (Lipinski definition) is 2. The van der Waals surface area contributed by atoms with Gasteiger partial charge in [-0.15, -0.1) is 0 Å². The molecule has 2 aliphatic rings. The van der Waals surface area contributed by atoms with Crippen LogP contribution in [0.5, 0.6) is 5.75 Å². The monoisotopic (exact) mass is 334 g/mol. The summed E-state index contributed by atoms with van der Waals surface area (Å²) in [7, 11) is 0. The van der Waals surface area contributed by atoms with Gasteiger partial charge in [0.1, 0.15) is 17.7 Å². The molecule has 0 spiro atoms. The summed E-state index contributed by atoms with van der Waals surface area (Å²) in [6.07, 6.45) is 7.01. The molecule has 3 rings (SSSR count). The topological polar surface area (TPSA) is 40.5 Å². The number of allylic oxidation sites excluding steroid dienone is 2. The average molecular weight is 334 g/mol. The van der Waals surface area contributed by atoms with Crippen molar-refractivity contribution < 1.29 is 19.0 Å². The SMILES string of the molecule is CCC1CCC(c2ccc(O)c(C3(F)C=CC=C(F)C3O)c2)CC1. The second kappa shape index (κ2) is 6.67. The van der Waals surface area contributed by atoms with Crippen molar-refractivity contribution in [3.8, 4) is 5.75 Å². The Morgan fingerprint density at radius 2 is 1.92 bits per heavy atom. The van der Waals surface area contributed by atoms with Gasteiger partial charge in [0.2, 0.25) is 0 Å². The minimum absolute atomic E-state index is 0.0652. The van der Waals surface area contributed by atoms with Crippen molar-refractivity contribution in [2.75, 3.05) is 0 Å². The molecule has 4 heteroatoms. The van der Waals surface area contributed by atoms with Crippen LogP contribution in [0.15, 0.2) is 42.3 Å². The van der Waals surface area contributed by atoms with E-state index in [4.69, 9.17) is 0 Å². The second-order valence-corrected chi connectivity index (χ2v) is 6.98. The van der Waals surface area contributed by atoms with E-state index in [9.17, 15) is 14.6 Å². The maximum atomic E-state index is 15.3. The summed E-state index contributed by atoms with van der Waals surface area (Å²) in [6, 6.07) is 4.86. The molecule has 0 aliphatic heterocycles. The lowest BCUT2D eigenvalue weighted by atomic mass is 9.76. The minimum atomic E-state index is -2.44. The van der Waals surface area contributed by atoms with E-state index in [1.54, 1.807) is 6.07 Å². The van der Waals surface area contributed by atoms with E-state index >= 15 is 4.39 Å². The normalized spacial score (nSPS) is 33.3. The smallest absolute Gasteiger partial charge is 0.190 e. The summed E-state index contributed by atoms with van der Waals surface area (Å²) >= 11 is 0. The van der Waals surface area contributed by atoms with Crippen LogP contribution in [0.3, 0.4) is 0 Å². The molecule has 0 aromatic heterocycles.